The Bertz CT molecular complexity index is 1050. The van der Waals surface area contributed by atoms with Gasteiger partial charge in [0.1, 0.15) is 22.6 Å². The zero-order chi connectivity index (χ0) is 28.6. The summed E-state index contributed by atoms with van der Waals surface area (Å²) >= 11 is 0. The largest absolute Gasteiger partial charge is 0.507 e. The maximum absolute atomic E-state index is 11.2. The van der Waals surface area contributed by atoms with Crippen LogP contribution in [0.3, 0.4) is 0 Å². The van der Waals surface area contributed by atoms with Gasteiger partial charge in [-0.15, -0.1) is 0 Å². The number of carbonyl (C=O) groups is 2. The van der Waals surface area contributed by atoms with Crippen molar-refractivity contribution >= 4 is 11.9 Å². The molecule has 6 N–H and O–H groups in total. The molecule has 8 heteroatoms. The average molecular weight is 584 g/mol. The molecule has 0 heterocycles. The summed E-state index contributed by atoms with van der Waals surface area (Å²) < 4.78 is 0. The molecule has 0 aliphatic rings. The quantitative estimate of drug-likeness (QED) is 0.295. The molecule has 210 valence electrons. The Morgan fingerprint density at radius 1 is 0.526 bits per heavy atom. The van der Waals surface area contributed by atoms with Crippen molar-refractivity contribution in [2.24, 2.45) is 0 Å². The van der Waals surface area contributed by atoms with Crippen molar-refractivity contribution in [1.82, 2.24) is 0 Å². The van der Waals surface area contributed by atoms with E-state index in [1.807, 2.05) is 95.2 Å². The number of carboxylic acids is 2. The normalized spacial score (nSPS) is 11.9. The number of carboxylic acid groups (broad SMARTS) is 2. The summed E-state index contributed by atoms with van der Waals surface area (Å²) in [7, 11) is 0. The van der Waals surface area contributed by atoms with E-state index in [2.05, 4.69) is 0 Å². The number of aromatic carboxylic acids is 2. The minimum absolute atomic E-state index is 0. The van der Waals surface area contributed by atoms with Crippen molar-refractivity contribution in [3.8, 4) is 11.5 Å². The average Bonchev–Trinajstić information content (AvgIpc) is 2.64. The fraction of sp³-hybridized carbons (Fsp3) is 0.533. The monoisotopic (exact) mass is 582 g/mol. The molecular weight excluding hydrogens is 538 g/mol. The summed E-state index contributed by atoms with van der Waals surface area (Å²) in [6, 6.07) is 6.93. The van der Waals surface area contributed by atoms with E-state index in [9.17, 15) is 30.0 Å². The van der Waals surface area contributed by atoms with E-state index in [0.29, 0.717) is 11.1 Å². The van der Waals surface area contributed by atoms with Gasteiger partial charge in [-0.05, 0) is 44.9 Å². The van der Waals surface area contributed by atoms with Crippen LogP contribution >= 0.6 is 0 Å². The fourth-order valence-corrected chi connectivity index (χ4v) is 3.60. The molecule has 0 aromatic heterocycles. The SMILES string of the molecule is CC(C)(C)c1cc(C(=O)O)c(O)c(C(C)(C)C)c1.CC(C)(C)c1cc(C(=O)O)c(O)c(C(C)(C)C)c1.O.[Zn]. The van der Waals surface area contributed by atoms with Crippen LogP contribution in [0, 0.1) is 0 Å². The molecule has 0 amide bonds. The van der Waals surface area contributed by atoms with Crippen LogP contribution in [0.1, 0.15) is 126 Å². The van der Waals surface area contributed by atoms with Crippen molar-refractivity contribution in [2.45, 2.75) is 105 Å². The standard InChI is InChI=1S/2C15H22O3.H2O.Zn/c2*1-14(2,3)9-7-10(13(17)18)12(16)11(8-9)15(4,5)6;;/h2*7-8,16H,1-6H3,(H,17,18);1H2;. The molecule has 0 saturated heterocycles. The van der Waals surface area contributed by atoms with E-state index in [4.69, 9.17) is 0 Å². The van der Waals surface area contributed by atoms with Gasteiger partial charge in [-0.2, -0.15) is 0 Å². The van der Waals surface area contributed by atoms with E-state index in [1.54, 1.807) is 12.1 Å². The van der Waals surface area contributed by atoms with E-state index >= 15 is 0 Å². The zero-order valence-electron chi connectivity index (χ0n) is 25.1. The van der Waals surface area contributed by atoms with Crippen LogP contribution in [-0.2, 0) is 41.1 Å². The summed E-state index contributed by atoms with van der Waals surface area (Å²) in [5.41, 5.74) is 2.24. The molecule has 0 bridgehead atoms. The Kier molecular flexibility index (Phi) is 12.5. The van der Waals surface area contributed by atoms with Crippen molar-refractivity contribution in [3.05, 3.63) is 57.6 Å². The summed E-state index contributed by atoms with van der Waals surface area (Å²) in [6.45, 7) is 23.9. The number of rotatable bonds is 2. The molecule has 2 rings (SSSR count). The first-order valence-corrected chi connectivity index (χ1v) is 12.1. The van der Waals surface area contributed by atoms with Gasteiger partial charge in [-0.3, -0.25) is 0 Å². The Balaban J connectivity index is 0. The molecule has 0 aliphatic heterocycles. The van der Waals surface area contributed by atoms with E-state index in [-0.39, 0.29) is 69.2 Å². The van der Waals surface area contributed by atoms with Crippen molar-refractivity contribution < 1.29 is 55.0 Å². The van der Waals surface area contributed by atoms with Gasteiger partial charge in [0.25, 0.3) is 0 Å². The predicted octanol–water partition coefficient (Wildman–Crippen LogP) is 6.54. The molecule has 0 fully saturated rings. The summed E-state index contributed by atoms with van der Waals surface area (Å²) in [4.78, 5) is 22.4. The Hall–Kier alpha value is -2.44. The van der Waals surface area contributed by atoms with Crippen LogP contribution in [0.25, 0.3) is 0 Å². The van der Waals surface area contributed by atoms with Crippen molar-refractivity contribution in [3.63, 3.8) is 0 Å². The Labute approximate surface area is 240 Å². The maximum Gasteiger partial charge on any atom is 0.339 e. The van der Waals surface area contributed by atoms with Crippen LogP contribution in [0.5, 0.6) is 11.5 Å². The second-order valence-electron chi connectivity index (χ2n) is 13.5. The molecule has 38 heavy (non-hydrogen) atoms. The fourth-order valence-electron chi connectivity index (χ4n) is 3.60. The van der Waals surface area contributed by atoms with Crippen LogP contribution in [0.2, 0.25) is 0 Å². The Morgan fingerprint density at radius 2 is 0.763 bits per heavy atom. The van der Waals surface area contributed by atoms with Gasteiger partial charge in [0.2, 0.25) is 0 Å². The molecule has 0 saturated carbocycles. The first-order chi connectivity index (χ1) is 15.9. The molecule has 0 aliphatic carbocycles. The number of hydrogen-bond donors (Lipinski definition) is 4. The summed E-state index contributed by atoms with van der Waals surface area (Å²) in [5, 5.41) is 38.6. The van der Waals surface area contributed by atoms with E-state index in [1.165, 1.54) is 0 Å². The van der Waals surface area contributed by atoms with Crippen LogP contribution < -0.4 is 0 Å². The van der Waals surface area contributed by atoms with E-state index < -0.39 is 11.9 Å². The summed E-state index contributed by atoms with van der Waals surface area (Å²) in [6.07, 6.45) is 0. The van der Waals surface area contributed by atoms with Gasteiger partial charge >= 0.3 is 11.9 Å². The number of benzene rings is 2. The van der Waals surface area contributed by atoms with Crippen molar-refractivity contribution in [1.29, 1.82) is 0 Å². The first kappa shape index (κ1) is 37.7. The van der Waals surface area contributed by atoms with Crippen LogP contribution in [-0.4, -0.2) is 37.8 Å². The second kappa shape index (κ2) is 12.6. The molecule has 7 nitrogen and oxygen atoms in total. The molecule has 0 atom stereocenters. The smallest absolute Gasteiger partial charge is 0.339 e. The molecule has 2 aromatic carbocycles. The molecular formula is C30H46O7Zn. The van der Waals surface area contributed by atoms with Gasteiger partial charge < -0.3 is 25.9 Å². The number of aromatic hydroxyl groups is 2. The van der Waals surface area contributed by atoms with Gasteiger partial charge in [-0.25, -0.2) is 9.59 Å². The molecule has 2 aromatic rings. The number of hydrogen-bond acceptors (Lipinski definition) is 4. The minimum atomic E-state index is -1.09. The van der Waals surface area contributed by atoms with Gasteiger partial charge in [0.15, 0.2) is 0 Å². The van der Waals surface area contributed by atoms with Gasteiger partial charge in [0, 0.05) is 30.6 Å². The van der Waals surface area contributed by atoms with Crippen molar-refractivity contribution in [2.75, 3.05) is 0 Å². The second-order valence-corrected chi connectivity index (χ2v) is 13.5. The van der Waals surface area contributed by atoms with E-state index in [0.717, 1.165) is 11.1 Å². The Morgan fingerprint density at radius 3 is 0.921 bits per heavy atom. The molecule has 0 unspecified atom stereocenters. The third kappa shape index (κ3) is 9.39. The maximum atomic E-state index is 11.2. The summed E-state index contributed by atoms with van der Waals surface area (Å²) in [5.74, 6) is -2.43. The third-order valence-corrected chi connectivity index (χ3v) is 6.03. The number of phenols is 2. The van der Waals surface area contributed by atoms with Crippen LogP contribution in [0.4, 0.5) is 0 Å². The van der Waals surface area contributed by atoms with Crippen LogP contribution in [0.15, 0.2) is 24.3 Å². The van der Waals surface area contributed by atoms with Gasteiger partial charge in [-0.1, -0.05) is 95.2 Å². The minimum Gasteiger partial charge on any atom is -0.507 e. The molecule has 0 spiro atoms. The third-order valence-electron chi connectivity index (χ3n) is 6.03. The van der Waals surface area contributed by atoms with Gasteiger partial charge in [0.05, 0.1) is 0 Å². The topological polar surface area (TPSA) is 147 Å². The predicted molar refractivity (Wildman–Crippen MR) is 149 cm³/mol. The first-order valence-electron chi connectivity index (χ1n) is 12.1. The zero-order valence-corrected chi connectivity index (χ0v) is 28.1. The molecule has 0 radical (unpaired) electrons.